The third kappa shape index (κ3) is 3.14. The van der Waals surface area contributed by atoms with Crippen LogP contribution in [0.15, 0.2) is 18.2 Å². The van der Waals surface area contributed by atoms with Crippen molar-refractivity contribution in [1.29, 1.82) is 5.26 Å². The summed E-state index contributed by atoms with van der Waals surface area (Å²) in [5, 5.41) is 8.56. The van der Waals surface area contributed by atoms with Gasteiger partial charge >= 0.3 is 0 Å². The van der Waals surface area contributed by atoms with Crippen LogP contribution < -0.4 is 10.5 Å². The second-order valence-corrected chi connectivity index (χ2v) is 3.75. The molecule has 0 saturated carbocycles. The SMILES string of the molecule is CCN(CCC#N)C(=O)c1ccc(N)c(OC)c1. The fraction of sp³-hybridized carbons (Fsp3) is 0.385. The number of anilines is 1. The maximum Gasteiger partial charge on any atom is 0.254 e. The molecule has 0 aliphatic heterocycles. The lowest BCUT2D eigenvalue weighted by atomic mass is 10.1. The van der Waals surface area contributed by atoms with Crippen LogP contribution in [-0.2, 0) is 0 Å². The Labute approximate surface area is 107 Å². The zero-order valence-electron chi connectivity index (χ0n) is 10.6. The van der Waals surface area contributed by atoms with E-state index in [-0.39, 0.29) is 5.91 Å². The third-order valence-electron chi connectivity index (χ3n) is 2.64. The maximum absolute atomic E-state index is 12.2. The zero-order valence-corrected chi connectivity index (χ0v) is 10.6. The number of ether oxygens (including phenoxy) is 1. The number of amides is 1. The Kier molecular flexibility index (Phi) is 5.00. The molecule has 0 aliphatic carbocycles. The number of nitrogen functional groups attached to an aromatic ring is 1. The van der Waals surface area contributed by atoms with Crippen LogP contribution in [-0.4, -0.2) is 31.0 Å². The van der Waals surface area contributed by atoms with Crippen molar-refractivity contribution < 1.29 is 9.53 Å². The molecule has 0 spiro atoms. The molecule has 0 unspecified atom stereocenters. The van der Waals surface area contributed by atoms with Crippen molar-refractivity contribution in [2.75, 3.05) is 25.9 Å². The third-order valence-corrected chi connectivity index (χ3v) is 2.64. The molecule has 0 heterocycles. The van der Waals surface area contributed by atoms with Crippen LogP contribution in [0.5, 0.6) is 5.75 Å². The normalized spacial score (nSPS) is 9.61. The Morgan fingerprint density at radius 1 is 1.56 bits per heavy atom. The van der Waals surface area contributed by atoms with E-state index in [1.165, 1.54) is 7.11 Å². The molecule has 0 saturated heterocycles. The molecule has 0 bridgehead atoms. The molecule has 1 amide bonds. The minimum absolute atomic E-state index is 0.119. The molecule has 1 rings (SSSR count). The van der Waals surface area contributed by atoms with Crippen LogP contribution in [0.25, 0.3) is 0 Å². The van der Waals surface area contributed by atoms with Gasteiger partial charge in [-0.1, -0.05) is 0 Å². The summed E-state index contributed by atoms with van der Waals surface area (Å²) in [7, 11) is 1.51. The summed E-state index contributed by atoms with van der Waals surface area (Å²) in [5.41, 5.74) is 6.71. The van der Waals surface area contributed by atoms with Gasteiger partial charge in [0, 0.05) is 18.7 Å². The highest BCUT2D eigenvalue weighted by Gasteiger charge is 2.15. The van der Waals surface area contributed by atoms with Crippen LogP contribution in [0.3, 0.4) is 0 Å². The lowest BCUT2D eigenvalue weighted by Gasteiger charge is -2.20. The highest BCUT2D eigenvalue weighted by molar-refractivity contribution is 5.95. The molecule has 0 aliphatic rings. The number of hydrogen-bond donors (Lipinski definition) is 1. The highest BCUT2D eigenvalue weighted by atomic mass is 16.5. The van der Waals surface area contributed by atoms with Gasteiger partial charge in [0.2, 0.25) is 0 Å². The number of nitrogens with two attached hydrogens (primary N) is 1. The van der Waals surface area contributed by atoms with Crippen molar-refractivity contribution in [3.63, 3.8) is 0 Å². The first-order chi connectivity index (χ1) is 8.63. The monoisotopic (exact) mass is 247 g/mol. The van der Waals surface area contributed by atoms with Gasteiger partial charge in [0.1, 0.15) is 5.75 Å². The number of hydrogen-bond acceptors (Lipinski definition) is 4. The molecule has 18 heavy (non-hydrogen) atoms. The van der Waals surface area contributed by atoms with E-state index < -0.39 is 0 Å². The molecule has 5 heteroatoms. The number of methoxy groups -OCH3 is 1. The maximum atomic E-state index is 12.2. The van der Waals surface area contributed by atoms with Crippen LogP contribution in [0.2, 0.25) is 0 Å². The molecule has 96 valence electrons. The van der Waals surface area contributed by atoms with Gasteiger partial charge in [-0.3, -0.25) is 4.79 Å². The van der Waals surface area contributed by atoms with E-state index in [1.807, 2.05) is 13.0 Å². The minimum Gasteiger partial charge on any atom is -0.495 e. The molecule has 0 aromatic heterocycles. The molecule has 0 atom stereocenters. The van der Waals surface area contributed by atoms with Crippen molar-refractivity contribution in [3.8, 4) is 11.8 Å². The van der Waals surface area contributed by atoms with E-state index in [9.17, 15) is 4.79 Å². The Morgan fingerprint density at radius 2 is 2.28 bits per heavy atom. The molecule has 0 radical (unpaired) electrons. The topological polar surface area (TPSA) is 79.4 Å². The number of rotatable bonds is 5. The zero-order chi connectivity index (χ0) is 13.5. The second-order valence-electron chi connectivity index (χ2n) is 3.75. The molecule has 0 fully saturated rings. The first-order valence-corrected chi connectivity index (χ1v) is 5.73. The van der Waals surface area contributed by atoms with E-state index in [4.69, 9.17) is 15.7 Å². The van der Waals surface area contributed by atoms with Crippen LogP contribution in [0.1, 0.15) is 23.7 Å². The molecule has 1 aromatic carbocycles. The standard InChI is InChI=1S/C13H17N3O2/c1-3-16(8-4-7-14)13(17)10-5-6-11(15)12(9-10)18-2/h5-6,9H,3-4,8,15H2,1-2H3. The van der Waals surface area contributed by atoms with E-state index in [2.05, 4.69) is 0 Å². The summed E-state index contributed by atoms with van der Waals surface area (Å²) in [6.07, 6.45) is 0.325. The van der Waals surface area contributed by atoms with Crippen molar-refractivity contribution in [2.24, 2.45) is 0 Å². The first kappa shape index (κ1) is 13.8. The molecule has 2 N–H and O–H groups in total. The average Bonchev–Trinajstić information content (AvgIpc) is 2.40. The lowest BCUT2D eigenvalue weighted by molar-refractivity contribution is 0.0767. The molecular weight excluding hydrogens is 230 g/mol. The predicted octanol–water partition coefficient (Wildman–Crippen LogP) is 1.65. The quantitative estimate of drug-likeness (QED) is 0.802. The fourth-order valence-electron chi connectivity index (χ4n) is 1.61. The second kappa shape index (κ2) is 6.50. The van der Waals surface area contributed by atoms with E-state index in [0.717, 1.165) is 0 Å². The van der Waals surface area contributed by atoms with Gasteiger partial charge in [-0.25, -0.2) is 0 Å². The van der Waals surface area contributed by atoms with Gasteiger partial charge in [-0.05, 0) is 25.1 Å². The summed E-state index contributed by atoms with van der Waals surface area (Å²) in [4.78, 5) is 13.8. The van der Waals surface area contributed by atoms with Crippen molar-refractivity contribution >= 4 is 11.6 Å². The average molecular weight is 247 g/mol. The summed E-state index contributed by atoms with van der Waals surface area (Å²) in [5.74, 6) is 0.364. The Bertz CT molecular complexity index is 466. The van der Waals surface area contributed by atoms with Crippen LogP contribution in [0.4, 0.5) is 5.69 Å². The van der Waals surface area contributed by atoms with Gasteiger partial charge in [-0.2, -0.15) is 5.26 Å². The summed E-state index contributed by atoms with van der Waals surface area (Å²) < 4.78 is 5.08. The molecular formula is C13H17N3O2. The van der Waals surface area contributed by atoms with E-state index in [1.54, 1.807) is 23.1 Å². The Morgan fingerprint density at radius 3 is 2.83 bits per heavy atom. The summed E-state index contributed by atoms with van der Waals surface area (Å²) in [6.45, 7) is 2.87. The largest absolute Gasteiger partial charge is 0.495 e. The highest BCUT2D eigenvalue weighted by Crippen LogP contribution is 2.22. The molecule has 5 nitrogen and oxygen atoms in total. The van der Waals surface area contributed by atoms with E-state index >= 15 is 0 Å². The number of nitriles is 1. The van der Waals surface area contributed by atoms with Crippen LogP contribution in [0, 0.1) is 11.3 Å². The lowest BCUT2D eigenvalue weighted by Crippen LogP contribution is -2.31. The number of benzene rings is 1. The van der Waals surface area contributed by atoms with Gasteiger partial charge in [0.05, 0.1) is 25.3 Å². The number of carbonyl (C=O) groups is 1. The first-order valence-electron chi connectivity index (χ1n) is 5.73. The number of carbonyl (C=O) groups excluding carboxylic acids is 1. The van der Waals surface area contributed by atoms with E-state index in [0.29, 0.717) is 36.5 Å². The smallest absolute Gasteiger partial charge is 0.254 e. The van der Waals surface area contributed by atoms with Gasteiger partial charge < -0.3 is 15.4 Å². The Balaban J connectivity index is 2.91. The summed E-state index contributed by atoms with van der Waals surface area (Å²) >= 11 is 0. The summed E-state index contributed by atoms with van der Waals surface area (Å²) in [6, 6.07) is 6.95. The van der Waals surface area contributed by atoms with Crippen molar-refractivity contribution in [3.05, 3.63) is 23.8 Å². The van der Waals surface area contributed by atoms with Gasteiger partial charge in [-0.15, -0.1) is 0 Å². The molecule has 1 aromatic rings. The minimum atomic E-state index is -0.119. The predicted molar refractivity (Wildman–Crippen MR) is 69.2 cm³/mol. The van der Waals surface area contributed by atoms with Gasteiger partial charge in [0.15, 0.2) is 0 Å². The van der Waals surface area contributed by atoms with Crippen LogP contribution >= 0.6 is 0 Å². The van der Waals surface area contributed by atoms with Gasteiger partial charge in [0.25, 0.3) is 5.91 Å². The van der Waals surface area contributed by atoms with Crippen molar-refractivity contribution in [2.45, 2.75) is 13.3 Å². The number of nitrogens with zero attached hydrogens (tertiary/aromatic N) is 2. The van der Waals surface area contributed by atoms with Crippen molar-refractivity contribution in [1.82, 2.24) is 4.90 Å². The Hall–Kier alpha value is -2.22. The fourth-order valence-corrected chi connectivity index (χ4v) is 1.61.